The van der Waals surface area contributed by atoms with Gasteiger partial charge in [0.15, 0.2) is 0 Å². The highest BCUT2D eigenvalue weighted by Crippen LogP contribution is 2.37. The van der Waals surface area contributed by atoms with Crippen molar-refractivity contribution in [2.24, 2.45) is 0 Å². The predicted octanol–water partition coefficient (Wildman–Crippen LogP) is 3.47. The van der Waals surface area contributed by atoms with Crippen LogP contribution in [0.5, 0.6) is 0 Å². The van der Waals surface area contributed by atoms with Gasteiger partial charge in [-0.2, -0.15) is 0 Å². The highest BCUT2D eigenvalue weighted by molar-refractivity contribution is 8.00. The number of sulfonamides is 1. The highest BCUT2D eigenvalue weighted by Gasteiger charge is 2.25. The van der Waals surface area contributed by atoms with Crippen molar-refractivity contribution in [1.82, 2.24) is 4.31 Å². The summed E-state index contributed by atoms with van der Waals surface area (Å²) < 4.78 is 25.5. The van der Waals surface area contributed by atoms with Crippen LogP contribution >= 0.6 is 11.8 Å². The minimum atomic E-state index is -3.50. The largest absolute Gasteiger partial charge is 0.307 e. The lowest BCUT2D eigenvalue weighted by atomic mass is 10.1. The first-order valence-corrected chi connectivity index (χ1v) is 10.7. The van der Waals surface area contributed by atoms with E-state index in [0.717, 1.165) is 21.3 Å². The lowest BCUT2D eigenvalue weighted by Gasteiger charge is -2.22. The van der Waals surface area contributed by atoms with Gasteiger partial charge in [-0.15, -0.1) is 11.8 Å². The minimum Gasteiger partial charge on any atom is -0.307 e. The average molecular weight is 391 g/mol. The number of fused-ring (bicyclic) bond motifs is 1. The molecule has 1 aliphatic heterocycles. The number of carbonyl (C=O) groups excluding carboxylic acids is 1. The van der Waals surface area contributed by atoms with Gasteiger partial charge in [0, 0.05) is 36.3 Å². The van der Waals surface area contributed by atoms with Crippen molar-refractivity contribution >= 4 is 33.4 Å². The molecule has 0 aliphatic carbocycles. The van der Waals surface area contributed by atoms with Crippen LogP contribution in [0.15, 0.2) is 58.3 Å². The summed E-state index contributed by atoms with van der Waals surface area (Å²) in [5.41, 5.74) is 1.40. The number of rotatable bonds is 3. The summed E-state index contributed by atoms with van der Waals surface area (Å²) in [6, 6.07) is 14.1. The van der Waals surface area contributed by atoms with Crippen molar-refractivity contribution in [3.8, 4) is 0 Å². The Balaban J connectivity index is 1.92. The average Bonchev–Trinajstić information content (AvgIpc) is 2.79. The highest BCUT2D eigenvalue weighted by atomic mass is 32.2. The maximum Gasteiger partial charge on any atom is 0.258 e. The van der Waals surface area contributed by atoms with Gasteiger partial charge in [0.05, 0.1) is 10.6 Å². The van der Waals surface area contributed by atoms with E-state index >= 15 is 0 Å². The molecule has 0 fully saturated rings. The van der Waals surface area contributed by atoms with Crippen LogP contribution in [0.1, 0.15) is 23.7 Å². The summed E-state index contributed by atoms with van der Waals surface area (Å²) in [6.07, 6.45) is 0.901. The van der Waals surface area contributed by atoms with Crippen molar-refractivity contribution < 1.29 is 13.2 Å². The normalized spacial score (nSPS) is 17.7. The van der Waals surface area contributed by atoms with Crippen LogP contribution in [0.4, 0.5) is 5.69 Å². The van der Waals surface area contributed by atoms with Crippen molar-refractivity contribution in [2.75, 3.05) is 25.5 Å². The fourth-order valence-electron chi connectivity index (χ4n) is 2.83. The zero-order valence-corrected chi connectivity index (χ0v) is 16.7. The van der Waals surface area contributed by atoms with E-state index in [0.29, 0.717) is 17.4 Å². The number of nitrogens with zero attached hydrogens (tertiary/aromatic N) is 2. The van der Waals surface area contributed by atoms with E-state index in [9.17, 15) is 13.2 Å². The standard InChI is InChI=1S/C19H22N2O3S2/c1-14-12-13-21(17-6-4-5-7-18(17)25-14)19(22)15-8-10-16(11-9-15)26(23,24)20(2)3/h4-11,14H,12-13H2,1-3H3/t14-/m1/s1. The molecule has 1 heterocycles. The molecule has 3 rings (SSSR count). The van der Waals surface area contributed by atoms with Crippen LogP contribution in [-0.4, -0.2) is 44.5 Å². The van der Waals surface area contributed by atoms with E-state index in [4.69, 9.17) is 0 Å². The molecular formula is C19H22N2O3S2. The molecular weight excluding hydrogens is 368 g/mol. The first-order valence-electron chi connectivity index (χ1n) is 8.41. The fourth-order valence-corrected chi connectivity index (χ4v) is 4.85. The summed E-state index contributed by atoms with van der Waals surface area (Å²) in [7, 11) is -0.526. The van der Waals surface area contributed by atoms with Gasteiger partial charge in [-0.3, -0.25) is 4.79 Å². The van der Waals surface area contributed by atoms with Gasteiger partial charge >= 0.3 is 0 Å². The van der Waals surface area contributed by atoms with Gasteiger partial charge in [0.25, 0.3) is 5.91 Å². The molecule has 0 unspecified atom stereocenters. The van der Waals surface area contributed by atoms with E-state index in [1.54, 1.807) is 28.8 Å². The number of thioether (sulfide) groups is 1. The van der Waals surface area contributed by atoms with Crippen molar-refractivity contribution in [3.63, 3.8) is 0 Å². The second-order valence-corrected chi connectivity index (χ2v) is 10.1. The predicted molar refractivity (Wildman–Crippen MR) is 105 cm³/mol. The van der Waals surface area contributed by atoms with E-state index in [1.807, 2.05) is 24.3 Å². The summed E-state index contributed by atoms with van der Waals surface area (Å²) >= 11 is 1.78. The van der Waals surface area contributed by atoms with Crippen LogP contribution in [0.25, 0.3) is 0 Å². The third-order valence-corrected chi connectivity index (χ3v) is 7.43. The molecule has 1 atom stereocenters. The van der Waals surface area contributed by atoms with Crippen LogP contribution in [0.3, 0.4) is 0 Å². The third kappa shape index (κ3) is 3.65. The molecule has 1 amide bonds. The van der Waals surface area contributed by atoms with Crippen molar-refractivity contribution in [3.05, 3.63) is 54.1 Å². The number of anilines is 1. The first kappa shape index (κ1) is 18.9. The molecule has 0 radical (unpaired) electrons. The van der Waals surface area contributed by atoms with Crippen molar-refractivity contribution in [1.29, 1.82) is 0 Å². The van der Waals surface area contributed by atoms with Gasteiger partial charge in [-0.25, -0.2) is 12.7 Å². The molecule has 1 aliphatic rings. The molecule has 138 valence electrons. The smallest absolute Gasteiger partial charge is 0.258 e. The number of carbonyl (C=O) groups is 1. The van der Waals surface area contributed by atoms with Crippen LogP contribution in [-0.2, 0) is 10.0 Å². The molecule has 2 aromatic rings. The Morgan fingerprint density at radius 1 is 1.12 bits per heavy atom. The minimum absolute atomic E-state index is 0.110. The Hall–Kier alpha value is -1.83. The second-order valence-electron chi connectivity index (χ2n) is 6.45. The Labute approximate surface area is 159 Å². The summed E-state index contributed by atoms with van der Waals surface area (Å²) in [6.45, 7) is 2.80. The number of hydrogen-bond donors (Lipinski definition) is 0. The quantitative estimate of drug-likeness (QED) is 0.805. The summed E-state index contributed by atoms with van der Waals surface area (Å²) in [4.78, 5) is 16.1. The Bertz CT molecular complexity index is 909. The molecule has 0 spiro atoms. The van der Waals surface area contributed by atoms with Gasteiger partial charge in [0.1, 0.15) is 0 Å². The van der Waals surface area contributed by atoms with E-state index in [2.05, 4.69) is 6.92 Å². The molecule has 0 saturated heterocycles. The fraction of sp³-hybridized carbons (Fsp3) is 0.316. The SMILES string of the molecule is C[C@@H]1CCN(C(=O)c2ccc(S(=O)(=O)N(C)C)cc2)c2ccccc2S1. The first-order chi connectivity index (χ1) is 12.3. The maximum absolute atomic E-state index is 13.1. The topological polar surface area (TPSA) is 57.7 Å². The zero-order chi connectivity index (χ0) is 18.9. The summed E-state index contributed by atoms with van der Waals surface area (Å²) in [5.74, 6) is -0.110. The number of benzene rings is 2. The van der Waals surface area contributed by atoms with Crippen molar-refractivity contribution in [2.45, 2.75) is 28.4 Å². The number of para-hydroxylation sites is 1. The molecule has 0 saturated carbocycles. The van der Waals surface area contributed by atoms with Gasteiger partial charge in [-0.05, 0) is 42.8 Å². The maximum atomic E-state index is 13.1. The molecule has 0 bridgehead atoms. The molecule has 26 heavy (non-hydrogen) atoms. The van der Waals surface area contributed by atoms with Crippen LogP contribution in [0.2, 0.25) is 0 Å². The van der Waals surface area contributed by atoms with E-state index in [-0.39, 0.29) is 10.8 Å². The summed E-state index contributed by atoms with van der Waals surface area (Å²) in [5, 5.41) is 0.432. The van der Waals surface area contributed by atoms with Crippen LogP contribution in [0, 0.1) is 0 Å². The molecule has 0 aromatic heterocycles. The second kappa shape index (κ2) is 7.42. The van der Waals surface area contributed by atoms with Gasteiger partial charge < -0.3 is 4.90 Å². The lowest BCUT2D eigenvalue weighted by molar-refractivity contribution is 0.0986. The monoisotopic (exact) mass is 390 g/mol. The Morgan fingerprint density at radius 3 is 2.42 bits per heavy atom. The zero-order valence-electron chi connectivity index (χ0n) is 15.0. The van der Waals surface area contributed by atoms with E-state index in [1.165, 1.54) is 26.2 Å². The Kier molecular flexibility index (Phi) is 5.41. The third-order valence-electron chi connectivity index (χ3n) is 4.37. The molecule has 5 nitrogen and oxygen atoms in total. The Morgan fingerprint density at radius 2 is 1.77 bits per heavy atom. The number of amides is 1. The van der Waals surface area contributed by atoms with Gasteiger partial charge in [0.2, 0.25) is 10.0 Å². The molecule has 0 N–H and O–H groups in total. The molecule has 7 heteroatoms. The number of hydrogen-bond acceptors (Lipinski definition) is 4. The van der Waals surface area contributed by atoms with Crippen LogP contribution < -0.4 is 4.90 Å². The molecule has 2 aromatic carbocycles. The lowest BCUT2D eigenvalue weighted by Crippen LogP contribution is -2.32. The van der Waals surface area contributed by atoms with Gasteiger partial charge in [-0.1, -0.05) is 19.1 Å². The van der Waals surface area contributed by atoms with E-state index < -0.39 is 10.0 Å².